The van der Waals surface area contributed by atoms with E-state index in [-0.39, 0.29) is 24.0 Å². The summed E-state index contributed by atoms with van der Waals surface area (Å²) in [5.74, 6) is -1.39. The van der Waals surface area contributed by atoms with Crippen LogP contribution in [-0.4, -0.2) is 36.1 Å². The number of thiophene rings is 2. The highest BCUT2D eigenvalue weighted by Gasteiger charge is 2.26. The van der Waals surface area contributed by atoms with Crippen LogP contribution in [0.5, 0.6) is 0 Å². The van der Waals surface area contributed by atoms with Crippen molar-refractivity contribution >= 4 is 74.9 Å². The second kappa shape index (κ2) is 15.7. The van der Waals surface area contributed by atoms with Crippen molar-refractivity contribution in [2.24, 2.45) is 0 Å². The summed E-state index contributed by atoms with van der Waals surface area (Å²) in [6.45, 7) is 2.04. The minimum Gasteiger partial charge on any atom is -0.462 e. The van der Waals surface area contributed by atoms with E-state index in [4.69, 9.17) is 4.74 Å². The molecule has 0 unspecified atom stereocenters. The van der Waals surface area contributed by atoms with Gasteiger partial charge >= 0.3 is 5.97 Å². The van der Waals surface area contributed by atoms with Crippen LogP contribution in [0, 0.1) is 0 Å². The van der Waals surface area contributed by atoms with Crippen molar-refractivity contribution in [1.29, 1.82) is 0 Å². The Bertz CT molecular complexity index is 1700. The third-order valence-electron chi connectivity index (χ3n) is 7.00. The highest BCUT2D eigenvalue weighted by Crippen LogP contribution is 2.38. The second-order valence-electron chi connectivity index (χ2n) is 10.2. The van der Waals surface area contributed by atoms with E-state index in [2.05, 4.69) is 16.0 Å². The number of hydrogen-bond donors (Lipinski definition) is 3. The predicted octanol–water partition coefficient (Wildman–Crippen LogP) is 7.40. The molecule has 0 atom stereocenters. The second-order valence-corrected chi connectivity index (χ2v) is 13.2. The number of thioether (sulfide) groups is 1. The van der Waals surface area contributed by atoms with E-state index < -0.39 is 17.8 Å². The minimum atomic E-state index is -0.477. The number of aryl methyl sites for hydroxylation is 1. The number of carbonyl (C=O) groups excluding carboxylic acids is 4. The van der Waals surface area contributed by atoms with E-state index >= 15 is 0 Å². The Kier molecular flexibility index (Phi) is 11.2. The molecule has 2 aromatic carbocycles. The molecule has 4 aromatic rings. The molecule has 0 saturated heterocycles. The highest BCUT2D eigenvalue weighted by molar-refractivity contribution is 8.00. The van der Waals surface area contributed by atoms with Gasteiger partial charge < -0.3 is 20.7 Å². The van der Waals surface area contributed by atoms with Crippen molar-refractivity contribution in [1.82, 2.24) is 5.32 Å². The molecule has 8 nitrogen and oxygen atoms in total. The molecular formula is C34H33N3O5S3. The van der Waals surface area contributed by atoms with Crippen LogP contribution in [0.25, 0.3) is 6.08 Å². The van der Waals surface area contributed by atoms with Crippen molar-refractivity contribution < 1.29 is 23.9 Å². The number of nitrogens with one attached hydrogen (secondary N) is 3. The van der Waals surface area contributed by atoms with Gasteiger partial charge in [-0.1, -0.05) is 30.7 Å². The van der Waals surface area contributed by atoms with Crippen LogP contribution in [0.15, 0.2) is 82.0 Å². The summed E-state index contributed by atoms with van der Waals surface area (Å²) in [6, 6.07) is 17.7. The van der Waals surface area contributed by atoms with Gasteiger partial charge in [0, 0.05) is 21.0 Å². The van der Waals surface area contributed by atoms with Gasteiger partial charge in [-0.3, -0.25) is 14.4 Å². The molecule has 2 heterocycles. The largest absolute Gasteiger partial charge is 0.462 e. The summed E-state index contributed by atoms with van der Waals surface area (Å²) in [5, 5.41) is 12.9. The molecule has 0 aliphatic heterocycles. The third-order valence-corrected chi connectivity index (χ3v) is 9.90. The summed E-state index contributed by atoms with van der Waals surface area (Å²) in [6.07, 6.45) is 6.53. The van der Waals surface area contributed by atoms with E-state index in [1.54, 1.807) is 55.5 Å². The number of anilines is 2. The zero-order valence-corrected chi connectivity index (χ0v) is 27.2. The average Bonchev–Trinajstić information content (AvgIpc) is 3.61. The maximum absolute atomic E-state index is 13.3. The van der Waals surface area contributed by atoms with E-state index in [1.807, 2.05) is 29.0 Å². The first kappa shape index (κ1) is 32.2. The Morgan fingerprint density at radius 1 is 0.956 bits per heavy atom. The zero-order valence-electron chi connectivity index (χ0n) is 24.7. The quantitative estimate of drug-likeness (QED) is 0.0670. The lowest BCUT2D eigenvalue weighted by Gasteiger charge is -2.12. The van der Waals surface area contributed by atoms with E-state index in [9.17, 15) is 19.2 Å². The van der Waals surface area contributed by atoms with Gasteiger partial charge in [0.2, 0.25) is 5.91 Å². The van der Waals surface area contributed by atoms with Gasteiger partial charge in [0.25, 0.3) is 11.8 Å². The smallest absolute Gasteiger partial charge is 0.341 e. The summed E-state index contributed by atoms with van der Waals surface area (Å²) >= 11 is 4.27. The van der Waals surface area contributed by atoms with Crippen molar-refractivity contribution in [3.8, 4) is 0 Å². The first-order valence-electron chi connectivity index (χ1n) is 14.7. The van der Waals surface area contributed by atoms with Crippen molar-refractivity contribution in [3.05, 3.63) is 104 Å². The lowest BCUT2D eigenvalue weighted by Crippen LogP contribution is -2.30. The number of hydrogen-bond acceptors (Lipinski definition) is 8. The Hall–Kier alpha value is -4.19. The monoisotopic (exact) mass is 659 g/mol. The molecule has 0 fully saturated rings. The van der Waals surface area contributed by atoms with Gasteiger partial charge in [-0.2, -0.15) is 11.3 Å². The summed E-state index contributed by atoms with van der Waals surface area (Å²) < 4.78 is 5.33. The molecule has 3 N–H and O–H groups in total. The number of ether oxygens (including phenoxy) is 1. The van der Waals surface area contributed by atoms with Crippen LogP contribution in [0.4, 0.5) is 10.7 Å². The number of esters is 1. The molecule has 3 amide bonds. The fourth-order valence-electron chi connectivity index (χ4n) is 4.89. The number of rotatable bonds is 11. The molecule has 2 aromatic heterocycles. The molecule has 1 aliphatic carbocycles. The topological polar surface area (TPSA) is 114 Å². The molecule has 1 aliphatic rings. The van der Waals surface area contributed by atoms with Gasteiger partial charge in [0.1, 0.15) is 10.7 Å². The van der Waals surface area contributed by atoms with Gasteiger partial charge in [0.15, 0.2) is 0 Å². The molecular weight excluding hydrogens is 627 g/mol. The number of carbonyl (C=O) groups is 4. The summed E-state index contributed by atoms with van der Waals surface area (Å²) in [7, 11) is 0. The molecule has 0 radical (unpaired) electrons. The van der Waals surface area contributed by atoms with Crippen LogP contribution >= 0.6 is 34.4 Å². The van der Waals surface area contributed by atoms with Gasteiger partial charge in [-0.05, 0) is 97.0 Å². The van der Waals surface area contributed by atoms with Gasteiger partial charge in [-0.15, -0.1) is 23.1 Å². The summed E-state index contributed by atoms with van der Waals surface area (Å²) in [5.41, 5.74) is 3.35. The first-order chi connectivity index (χ1) is 21.9. The van der Waals surface area contributed by atoms with Crippen LogP contribution in [-0.2, 0) is 27.2 Å². The SMILES string of the molecule is CCOC(=O)c1c(NC(=O)CSc2cccc(NC(=O)/C(=C/c3ccsc3)NC(=O)c3ccccc3)c2)sc2c1CCCCC2. The minimum absolute atomic E-state index is 0.103. The zero-order chi connectivity index (χ0) is 31.6. The normalized spacial score (nSPS) is 12.9. The van der Waals surface area contributed by atoms with Crippen LogP contribution < -0.4 is 16.0 Å². The van der Waals surface area contributed by atoms with Crippen LogP contribution in [0.3, 0.4) is 0 Å². The predicted molar refractivity (Wildman–Crippen MR) is 182 cm³/mol. The lowest BCUT2D eigenvalue weighted by atomic mass is 10.1. The molecule has 0 saturated carbocycles. The molecule has 5 rings (SSSR count). The molecule has 0 spiro atoms. The molecule has 0 bridgehead atoms. The van der Waals surface area contributed by atoms with Crippen molar-refractivity contribution in [3.63, 3.8) is 0 Å². The average molecular weight is 660 g/mol. The third kappa shape index (κ3) is 8.72. The Morgan fingerprint density at radius 2 is 1.78 bits per heavy atom. The molecule has 45 heavy (non-hydrogen) atoms. The standard InChI is InChI=1S/C34H33N3O5S3/c1-2-42-34(41)30-26-14-7-4-8-15-28(26)45-33(30)37-29(38)21-44-25-13-9-12-24(19-25)35-32(40)27(18-22-16-17-43-20-22)36-31(39)23-10-5-3-6-11-23/h3,5-6,9-13,16-20H,2,4,7-8,14-15,21H2,1H3,(H,35,40)(H,36,39)(H,37,38)/b27-18-. The van der Waals surface area contributed by atoms with E-state index in [0.717, 1.165) is 53.0 Å². The molecule has 11 heteroatoms. The van der Waals surface area contributed by atoms with E-state index in [1.165, 1.54) is 34.4 Å². The Labute approximate surface area is 274 Å². The van der Waals surface area contributed by atoms with Crippen molar-refractivity contribution in [2.75, 3.05) is 23.0 Å². The van der Waals surface area contributed by atoms with Crippen LogP contribution in [0.2, 0.25) is 0 Å². The highest BCUT2D eigenvalue weighted by atomic mass is 32.2. The molecule has 232 valence electrons. The van der Waals surface area contributed by atoms with Gasteiger partial charge in [0.05, 0.1) is 17.9 Å². The maximum atomic E-state index is 13.3. The maximum Gasteiger partial charge on any atom is 0.341 e. The number of benzene rings is 2. The fraction of sp³-hybridized carbons (Fsp3) is 0.235. The fourth-order valence-corrected chi connectivity index (χ4v) is 7.56. The van der Waals surface area contributed by atoms with Crippen molar-refractivity contribution in [2.45, 2.75) is 43.9 Å². The first-order valence-corrected chi connectivity index (χ1v) is 17.4. The number of amides is 3. The number of fused-ring (bicyclic) bond motifs is 1. The van der Waals surface area contributed by atoms with Crippen LogP contribution in [0.1, 0.15) is 62.9 Å². The van der Waals surface area contributed by atoms with E-state index in [0.29, 0.717) is 21.8 Å². The van der Waals surface area contributed by atoms with Gasteiger partial charge in [-0.25, -0.2) is 4.79 Å². The Morgan fingerprint density at radius 3 is 2.56 bits per heavy atom. The summed E-state index contributed by atoms with van der Waals surface area (Å²) in [4.78, 5) is 53.9. The lowest BCUT2D eigenvalue weighted by molar-refractivity contribution is -0.114. The Balaban J connectivity index is 1.24.